The fourth-order valence-corrected chi connectivity index (χ4v) is 3.02. The highest BCUT2D eigenvalue weighted by molar-refractivity contribution is 7.88. The number of hydrogen-bond donors (Lipinski definition) is 1. The van der Waals surface area contributed by atoms with Crippen LogP contribution in [0.1, 0.15) is 25.5 Å². The Balaban J connectivity index is 3.02. The lowest BCUT2D eigenvalue weighted by Crippen LogP contribution is -2.38. The van der Waals surface area contributed by atoms with Crippen molar-refractivity contribution in [3.8, 4) is 0 Å². The number of nitrogens with zero attached hydrogens (tertiary/aromatic N) is 1. The Bertz CT molecular complexity index is 527. The number of rotatable bonds is 6. The summed E-state index contributed by atoms with van der Waals surface area (Å²) < 4.78 is 24.9. The normalized spacial score (nSPS) is 15.2. The number of aliphatic carboxylic acids is 1. The van der Waals surface area contributed by atoms with Gasteiger partial charge in [-0.15, -0.1) is 0 Å². The number of carboxylic acids is 1. The molecular formula is C13H19NO4S. The molecule has 2 unspecified atom stereocenters. The second kappa shape index (κ2) is 6.16. The maximum Gasteiger partial charge on any atom is 0.307 e. The van der Waals surface area contributed by atoms with Crippen molar-refractivity contribution < 1.29 is 18.3 Å². The average Bonchev–Trinajstić information content (AvgIpc) is 2.34. The van der Waals surface area contributed by atoms with E-state index >= 15 is 0 Å². The van der Waals surface area contributed by atoms with E-state index < -0.39 is 28.0 Å². The molecule has 2 atom stereocenters. The Morgan fingerprint density at radius 3 is 2.21 bits per heavy atom. The van der Waals surface area contributed by atoms with Crippen LogP contribution in [0.5, 0.6) is 0 Å². The lowest BCUT2D eigenvalue weighted by Gasteiger charge is -2.28. The zero-order valence-electron chi connectivity index (χ0n) is 11.3. The van der Waals surface area contributed by atoms with Crippen LogP contribution in [0.4, 0.5) is 0 Å². The van der Waals surface area contributed by atoms with Crippen LogP contribution in [0, 0.1) is 5.92 Å². The summed E-state index contributed by atoms with van der Waals surface area (Å²) in [4.78, 5) is 10.9. The highest BCUT2D eigenvalue weighted by atomic mass is 32.2. The standard InChI is InChI=1S/C13H19NO4S/c1-10(13(15)16)9-14(19(3,17)18)11(2)12-7-5-4-6-8-12/h4-8,10-11H,9H2,1-3H3,(H,15,16). The minimum Gasteiger partial charge on any atom is -0.481 e. The summed E-state index contributed by atoms with van der Waals surface area (Å²) in [5, 5.41) is 8.93. The molecule has 5 nitrogen and oxygen atoms in total. The van der Waals surface area contributed by atoms with E-state index in [0.29, 0.717) is 0 Å². The number of sulfonamides is 1. The van der Waals surface area contributed by atoms with E-state index in [2.05, 4.69) is 0 Å². The fourth-order valence-electron chi connectivity index (χ4n) is 1.83. The molecule has 6 heteroatoms. The molecule has 1 aromatic carbocycles. The quantitative estimate of drug-likeness (QED) is 0.863. The summed E-state index contributed by atoms with van der Waals surface area (Å²) in [6.07, 6.45) is 1.10. The van der Waals surface area contributed by atoms with Crippen molar-refractivity contribution in [3.63, 3.8) is 0 Å². The topological polar surface area (TPSA) is 74.7 Å². The minimum atomic E-state index is -3.47. The van der Waals surface area contributed by atoms with Gasteiger partial charge in [-0.05, 0) is 12.5 Å². The molecule has 106 valence electrons. The molecule has 1 N–H and O–H groups in total. The van der Waals surface area contributed by atoms with Gasteiger partial charge in [0.05, 0.1) is 12.2 Å². The summed E-state index contributed by atoms with van der Waals surface area (Å²) in [7, 11) is -3.47. The van der Waals surface area contributed by atoms with Crippen LogP contribution in [-0.2, 0) is 14.8 Å². The van der Waals surface area contributed by atoms with Crippen molar-refractivity contribution in [2.45, 2.75) is 19.9 Å². The predicted molar refractivity (Wildman–Crippen MR) is 73.2 cm³/mol. The number of carbonyl (C=O) groups is 1. The largest absolute Gasteiger partial charge is 0.481 e. The fraction of sp³-hybridized carbons (Fsp3) is 0.462. The molecule has 0 radical (unpaired) electrons. The second-order valence-electron chi connectivity index (χ2n) is 4.66. The van der Waals surface area contributed by atoms with E-state index in [1.807, 2.05) is 30.3 Å². The molecule has 0 amide bonds. The second-order valence-corrected chi connectivity index (χ2v) is 6.59. The Hall–Kier alpha value is -1.40. The average molecular weight is 285 g/mol. The highest BCUT2D eigenvalue weighted by Crippen LogP contribution is 2.23. The maximum atomic E-state index is 11.8. The Morgan fingerprint density at radius 2 is 1.79 bits per heavy atom. The molecule has 0 aliphatic heterocycles. The summed E-state index contributed by atoms with van der Waals surface area (Å²) >= 11 is 0. The molecule has 19 heavy (non-hydrogen) atoms. The predicted octanol–water partition coefficient (Wildman–Crippen LogP) is 1.73. The van der Waals surface area contributed by atoms with E-state index in [0.717, 1.165) is 11.8 Å². The van der Waals surface area contributed by atoms with Crippen LogP contribution in [-0.4, -0.2) is 36.6 Å². The minimum absolute atomic E-state index is 0.0375. The molecule has 0 aromatic heterocycles. The van der Waals surface area contributed by atoms with Gasteiger partial charge >= 0.3 is 5.97 Å². The van der Waals surface area contributed by atoms with Gasteiger partial charge in [0.15, 0.2) is 0 Å². The van der Waals surface area contributed by atoms with Crippen LogP contribution in [0.15, 0.2) is 30.3 Å². The molecule has 0 aliphatic rings. The third kappa shape index (κ3) is 4.33. The zero-order chi connectivity index (χ0) is 14.6. The van der Waals surface area contributed by atoms with Gasteiger partial charge in [0.25, 0.3) is 0 Å². The smallest absolute Gasteiger partial charge is 0.307 e. The van der Waals surface area contributed by atoms with Crippen LogP contribution in [0.3, 0.4) is 0 Å². The lowest BCUT2D eigenvalue weighted by atomic mass is 10.1. The summed E-state index contributed by atoms with van der Waals surface area (Å²) in [6.45, 7) is 3.22. The molecule has 0 saturated carbocycles. The summed E-state index contributed by atoms with van der Waals surface area (Å²) in [6, 6.07) is 8.77. The maximum absolute atomic E-state index is 11.8. The first-order valence-electron chi connectivity index (χ1n) is 5.98. The van der Waals surface area contributed by atoms with Crippen molar-refractivity contribution >= 4 is 16.0 Å². The molecule has 1 rings (SSSR count). The van der Waals surface area contributed by atoms with Crippen molar-refractivity contribution in [1.29, 1.82) is 0 Å². The Kier molecular flexibility index (Phi) is 5.08. The van der Waals surface area contributed by atoms with Gasteiger partial charge in [0.2, 0.25) is 10.0 Å². The molecule has 0 bridgehead atoms. The van der Waals surface area contributed by atoms with Crippen LogP contribution in [0.2, 0.25) is 0 Å². The van der Waals surface area contributed by atoms with Gasteiger partial charge in [-0.2, -0.15) is 4.31 Å². The molecular weight excluding hydrogens is 266 g/mol. The molecule has 0 heterocycles. The summed E-state index contributed by atoms with van der Waals surface area (Å²) in [5.74, 6) is -1.75. The number of carboxylic acid groups (broad SMARTS) is 1. The van der Waals surface area contributed by atoms with E-state index in [1.165, 1.54) is 11.2 Å². The molecule has 1 aromatic rings. The molecule has 0 aliphatic carbocycles. The van der Waals surface area contributed by atoms with Gasteiger partial charge < -0.3 is 5.11 Å². The molecule has 0 saturated heterocycles. The zero-order valence-corrected chi connectivity index (χ0v) is 12.1. The molecule has 0 fully saturated rings. The van der Waals surface area contributed by atoms with Crippen LogP contribution >= 0.6 is 0 Å². The summed E-state index contributed by atoms with van der Waals surface area (Å²) in [5.41, 5.74) is 0.838. The van der Waals surface area contributed by atoms with E-state index in [9.17, 15) is 13.2 Å². The van der Waals surface area contributed by atoms with Crippen molar-refractivity contribution in [2.24, 2.45) is 5.92 Å². The number of benzene rings is 1. The highest BCUT2D eigenvalue weighted by Gasteiger charge is 2.28. The van der Waals surface area contributed by atoms with E-state index in [-0.39, 0.29) is 6.54 Å². The van der Waals surface area contributed by atoms with Crippen LogP contribution < -0.4 is 0 Å². The van der Waals surface area contributed by atoms with Crippen molar-refractivity contribution in [1.82, 2.24) is 4.31 Å². The molecule has 0 spiro atoms. The number of hydrogen-bond acceptors (Lipinski definition) is 3. The van der Waals surface area contributed by atoms with Crippen molar-refractivity contribution in [3.05, 3.63) is 35.9 Å². The van der Waals surface area contributed by atoms with Crippen LogP contribution in [0.25, 0.3) is 0 Å². The Morgan fingerprint density at radius 1 is 1.26 bits per heavy atom. The van der Waals surface area contributed by atoms with Gasteiger partial charge in [-0.1, -0.05) is 37.3 Å². The van der Waals surface area contributed by atoms with Gasteiger partial charge in [0, 0.05) is 12.6 Å². The van der Waals surface area contributed by atoms with E-state index in [1.54, 1.807) is 6.92 Å². The van der Waals surface area contributed by atoms with E-state index in [4.69, 9.17) is 5.11 Å². The van der Waals surface area contributed by atoms with Gasteiger partial charge in [-0.25, -0.2) is 8.42 Å². The first-order chi connectivity index (χ1) is 8.73. The van der Waals surface area contributed by atoms with Gasteiger partial charge in [-0.3, -0.25) is 4.79 Å². The first-order valence-corrected chi connectivity index (χ1v) is 7.83. The van der Waals surface area contributed by atoms with Gasteiger partial charge in [0.1, 0.15) is 0 Å². The third-order valence-electron chi connectivity index (χ3n) is 3.02. The lowest BCUT2D eigenvalue weighted by molar-refractivity contribution is -0.141. The van der Waals surface area contributed by atoms with Crippen molar-refractivity contribution in [2.75, 3.05) is 12.8 Å². The third-order valence-corrected chi connectivity index (χ3v) is 4.33. The monoisotopic (exact) mass is 285 g/mol. The SMILES string of the molecule is CC(CN(C(C)c1ccccc1)S(C)(=O)=O)C(=O)O. The Labute approximate surface area is 113 Å². The first kappa shape index (κ1) is 15.7.